The van der Waals surface area contributed by atoms with Crippen LogP contribution in [-0.4, -0.2) is 39.1 Å². The van der Waals surface area contributed by atoms with Gasteiger partial charge in [0.15, 0.2) is 0 Å². The van der Waals surface area contributed by atoms with Crippen molar-refractivity contribution in [1.29, 1.82) is 0 Å². The van der Waals surface area contributed by atoms with Crippen molar-refractivity contribution in [2.24, 2.45) is 0 Å². The highest BCUT2D eigenvalue weighted by Crippen LogP contribution is 2.44. The first-order chi connectivity index (χ1) is 22.0. The highest BCUT2D eigenvalue weighted by Gasteiger charge is 2.45. The van der Waals surface area contributed by atoms with Crippen molar-refractivity contribution in [3.63, 3.8) is 0 Å². The number of urea groups is 1. The lowest BCUT2D eigenvalue weighted by molar-refractivity contribution is 0.0993. The number of fused-ring (bicyclic) bond motifs is 3. The lowest BCUT2D eigenvalue weighted by Gasteiger charge is -2.22. The zero-order valence-electron chi connectivity index (χ0n) is 26.8. The molecule has 0 unspecified atom stereocenters. The van der Waals surface area contributed by atoms with E-state index < -0.39 is 21.6 Å². The largest absolute Gasteiger partial charge is 0.493 e. The smallest absolute Gasteiger partial charge is 0.329 e. The molecule has 1 aliphatic carbocycles. The molecule has 2 N–H and O–H groups in total. The van der Waals surface area contributed by atoms with Crippen LogP contribution in [0.1, 0.15) is 64.9 Å². The van der Waals surface area contributed by atoms with Gasteiger partial charge in [-0.1, -0.05) is 42.5 Å². The number of rotatable bonds is 10. The van der Waals surface area contributed by atoms with Crippen LogP contribution < -0.4 is 24.4 Å². The number of ether oxygens (including phenoxy) is 2. The number of amides is 3. The van der Waals surface area contributed by atoms with Gasteiger partial charge in [-0.3, -0.25) is 4.79 Å². The molecule has 10 heteroatoms. The number of hydrogen-bond acceptors (Lipinski definition) is 6. The molecule has 6 rings (SSSR count). The molecule has 0 saturated heterocycles. The molecule has 0 aromatic heterocycles. The van der Waals surface area contributed by atoms with E-state index in [1.54, 1.807) is 36.9 Å². The van der Waals surface area contributed by atoms with Crippen LogP contribution in [0.25, 0.3) is 10.8 Å². The second kappa shape index (κ2) is 12.0. The van der Waals surface area contributed by atoms with Gasteiger partial charge in [0, 0.05) is 16.6 Å². The lowest BCUT2D eigenvalue weighted by atomic mass is 9.99. The quantitative estimate of drug-likeness (QED) is 0.205. The third-order valence-electron chi connectivity index (χ3n) is 8.80. The van der Waals surface area contributed by atoms with Crippen LogP contribution in [0.3, 0.4) is 0 Å². The van der Waals surface area contributed by atoms with Crippen LogP contribution in [0.4, 0.5) is 10.5 Å². The maximum atomic E-state index is 14.0. The van der Waals surface area contributed by atoms with Crippen molar-refractivity contribution >= 4 is 38.4 Å². The molecular formula is C36H39N3O6S. The van der Waals surface area contributed by atoms with Gasteiger partial charge in [0.25, 0.3) is 15.9 Å². The number of aryl methyl sites for hydroxylation is 3. The van der Waals surface area contributed by atoms with E-state index >= 15 is 0 Å². The number of nitrogens with zero attached hydrogens (tertiary/aromatic N) is 1. The predicted octanol–water partition coefficient (Wildman–Crippen LogP) is 6.49. The Balaban J connectivity index is 1.21. The number of sulfonamides is 1. The molecule has 1 saturated carbocycles. The fraction of sp³-hybridized carbons (Fsp3) is 0.333. The molecule has 1 aliphatic heterocycles. The Morgan fingerprint density at radius 3 is 2.22 bits per heavy atom. The van der Waals surface area contributed by atoms with Crippen molar-refractivity contribution < 1.29 is 27.5 Å². The molecule has 1 fully saturated rings. The van der Waals surface area contributed by atoms with Crippen molar-refractivity contribution in [2.45, 2.75) is 70.9 Å². The van der Waals surface area contributed by atoms with Crippen molar-refractivity contribution in [3.8, 4) is 11.5 Å². The van der Waals surface area contributed by atoms with Crippen LogP contribution in [0.2, 0.25) is 0 Å². The molecule has 3 amide bonds. The first kappa shape index (κ1) is 31.4. The fourth-order valence-electron chi connectivity index (χ4n) is 6.66. The van der Waals surface area contributed by atoms with Gasteiger partial charge in [-0.2, -0.15) is 0 Å². The molecule has 240 valence electrons. The summed E-state index contributed by atoms with van der Waals surface area (Å²) in [4.78, 5) is 28.8. The number of carbonyl (C=O) groups excluding carboxylic acids is 2. The molecule has 0 spiro atoms. The highest BCUT2D eigenvalue weighted by molar-refractivity contribution is 7.90. The van der Waals surface area contributed by atoms with E-state index in [9.17, 15) is 18.0 Å². The van der Waals surface area contributed by atoms with Gasteiger partial charge in [0.05, 0.1) is 30.2 Å². The van der Waals surface area contributed by atoms with Gasteiger partial charge in [-0.15, -0.1) is 0 Å². The van der Waals surface area contributed by atoms with Gasteiger partial charge in [0.2, 0.25) is 0 Å². The van der Waals surface area contributed by atoms with Crippen molar-refractivity contribution in [2.75, 3.05) is 18.1 Å². The maximum absolute atomic E-state index is 14.0. The Bertz CT molecular complexity index is 1960. The molecule has 46 heavy (non-hydrogen) atoms. The topological polar surface area (TPSA) is 114 Å². The minimum absolute atomic E-state index is 0.121. The molecule has 0 bridgehead atoms. The summed E-state index contributed by atoms with van der Waals surface area (Å²) < 4.78 is 40.2. The summed E-state index contributed by atoms with van der Waals surface area (Å²) in [6.45, 7) is 10.6. The van der Waals surface area contributed by atoms with E-state index in [0.29, 0.717) is 48.6 Å². The molecule has 9 nitrogen and oxygen atoms in total. The molecule has 1 heterocycles. The highest BCUT2D eigenvalue weighted by atomic mass is 32.2. The standard InChI is InChI=1S/C36H39N3O6S/c1-6-44-29-13-9-12-26-19-30(45-7-2)32-27(31(26)29)21-39(34(32)40)28-15-14-25(18-24(28)5)20-36(16-17-36)37-35(41)38-46(42,43)33-22(3)10-8-11-23(33)4/h8-15,18-19H,6-7,16-17,20-21H2,1-5H3,(H2,37,38,41). The minimum Gasteiger partial charge on any atom is -0.493 e. The van der Waals surface area contributed by atoms with Crippen LogP contribution in [0, 0.1) is 20.8 Å². The van der Waals surface area contributed by atoms with E-state index in [1.807, 2.05) is 63.2 Å². The van der Waals surface area contributed by atoms with Crippen LogP contribution >= 0.6 is 0 Å². The molecule has 4 aromatic rings. The molecular weight excluding hydrogens is 602 g/mol. The third kappa shape index (κ3) is 5.77. The Hall–Kier alpha value is -4.57. The summed E-state index contributed by atoms with van der Waals surface area (Å²) in [6.07, 6.45) is 2.01. The molecule has 4 aromatic carbocycles. The van der Waals surface area contributed by atoms with E-state index in [1.165, 1.54) is 0 Å². The number of hydrogen-bond donors (Lipinski definition) is 2. The van der Waals surface area contributed by atoms with E-state index in [4.69, 9.17) is 9.47 Å². The first-order valence-electron chi connectivity index (χ1n) is 15.6. The SMILES string of the molecule is CCOc1cc2cccc(OCC)c2c2c1C(=O)N(c1ccc(CC3(NC(=O)NS(=O)(=O)c4c(C)cccc4C)CC3)cc1C)C2. The Kier molecular flexibility index (Phi) is 8.18. The van der Waals surface area contributed by atoms with E-state index in [2.05, 4.69) is 10.0 Å². The van der Waals surface area contributed by atoms with Crippen molar-refractivity contribution in [1.82, 2.24) is 10.0 Å². The van der Waals surface area contributed by atoms with Gasteiger partial charge < -0.3 is 19.7 Å². The third-order valence-corrected chi connectivity index (χ3v) is 10.4. The number of carbonyl (C=O) groups is 2. The molecule has 2 aliphatic rings. The zero-order valence-corrected chi connectivity index (χ0v) is 27.6. The summed E-state index contributed by atoms with van der Waals surface area (Å²) in [5.74, 6) is 1.19. The Labute approximate surface area is 269 Å². The second-order valence-electron chi connectivity index (χ2n) is 12.2. The second-order valence-corrected chi connectivity index (χ2v) is 13.8. The van der Waals surface area contributed by atoms with Crippen LogP contribution in [0.5, 0.6) is 11.5 Å². The average molecular weight is 642 g/mol. The normalized spacial score (nSPS) is 15.1. The summed E-state index contributed by atoms with van der Waals surface area (Å²) in [5.41, 5.74) is 4.78. The molecule has 0 atom stereocenters. The fourth-order valence-corrected chi connectivity index (χ4v) is 8.04. The number of benzene rings is 4. The summed E-state index contributed by atoms with van der Waals surface area (Å²) >= 11 is 0. The van der Waals surface area contributed by atoms with Gasteiger partial charge in [-0.25, -0.2) is 17.9 Å². The first-order valence-corrected chi connectivity index (χ1v) is 17.1. The number of nitrogens with one attached hydrogen (secondary N) is 2. The molecule has 0 radical (unpaired) electrons. The summed E-state index contributed by atoms with van der Waals surface area (Å²) in [7, 11) is -4.03. The van der Waals surface area contributed by atoms with E-state index in [0.717, 1.165) is 51.7 Å². The van der Waals surface area contributed by atoms with E-state index in [-0.39, 0.29) is 10.8 Å². The maximum Gasteiger partial charge on any atom is 0.329 e. The van der Waals surface area contributed by atoms with Gasteiger partial charge in [-0.05, 0) is 105 Å². The van der Waals surface area contributed by atoms with Crippen molar-refractivity contribution in [3.05, 3.63) is 94.0 Å². The number of anilines is 1. The van der Waals surface area contributed by atoms with Crippen LogP contribution in [-0.2, 0) is 23.0 Å². The van der Waals surface area contributed by atoms with Gasteiger partial charge in [0.1, 0.15) is 11.5 Å². The zero-order chi connectivity index (χ0) is 32.8. The predicted molar refractivity (Wildman–Crippen MR) is 178 cm³/mol. The van der Waals surface area contributed by atoms with Crippen LogP contribution in [0.15, 0.2) is 65.6 Å². The Morgan fingerprint density at radius 1 is 0.891 bits per heavy atom. The monoisotopic (exact) mass is 641 g/mol. The average Bonchev–Trinajstić information content (AvgIpc) is 3.64. The lowest BCUT2D eigenvalue weighted by Crippen LogP contribution is -2.47. The summed E-state index contributed by atoms with van der Waals surface area (Å²) in [6, 6.07) is 18.2. The minimum atomic E-state index is -4.03. The summed E-state index contributed by atoms with van der Waals surface area (Å²) in [5, 5.41) is 4.80. The van der Waals surface area contributed by atoms with Gasteiger partial charge >= 0.3 is 6.03 Å². The Morgan fingerprint density at radius 2 is 1.57 bits per heavy atom.